The van der Waals surface area contributed by atoms with Crippen molar-refractivity contribution in [3.05, 3.63) is 52.6 Å². The Morgan fingerprint density at radius 1 is 1.08 bits per heavy atom. The van der Waals surface area contributed by atoms with Gasteiger partial charge >= 0.3 is 6.03 Å². The molecule has 1 aromatic heterocycles. The van der Waals surface area contributed by atoms with Crippen LogP contribution in [0, 0.1) is 11.3 Å². The molecule has 0 bridgehead atoms. The molecule has 5 rings (SSSR count). The van der Waals surface area contributed by atoms with Crippen LogP contribution < -0.4 is 19.7 Å². The Hall–Kier alpha value is -3.55. The third kappa shape index (κ3) is 6.37. The number of ether oxygens (including phenoxy) is 2. The minimum atomic E-state index is -0.134. The normalized spacial score (nSPS) is 15.8. The van der Waals surface area contributed by atoms with Gasteiger partial charge < -0.3 is 29.5 Å². The van der Waals surface area contributed by atoms with Crippen molar-refractivity contribution in [2.75, 3.05) is 69.7 Å². The van der Waals surface area contributed by atoms with E-state index in [-0.39, 0.29) is 6.03 Å². The molecule has 2 saturated heterocycles. The molecule has 0 saturated carbocycles. The van der Waals surface area contributed by atoms with E-state index in [1.165, 1.54) is 25.9 Å². The number of methoxy groups -OCH3 is 1. The molecule has 3 heterocycles. The smallest absolute Gasteiger partial charge is 0.321 e. The Balaban J connectivity index is 1.29. The van der Waals surface area contributed by atoms with Crippen molar-refractivity contribution in [1.82, 2.24) is 14.8 Å². The highest BCUT2D eigenvalue weighted by Gasteiger charge is 2.25. The molecule has 1 N–H and O–H groups in total. The fourth-order valence-corrected chi connectivity index (χ4v) is 5.49. The second kappa shape index (κ2) is 12.5. The van der Waals surface area contributed by atoms with E-state index in [4.69, 9.17) is 9.47 Å². The second-order valence-electron chi connectivity index (χ2n) is 9.81. The average molecular weight is 594 g/mol. The zero-order valence-corrected chi connectivity index (χ0v) is 23.7. The summed E-state index contributed by atoms with van der Waals surface area (Å²) in [6, 6.07) is 13.5. The van der Waals surface area contributed by atoms with Crippen molar-refractivity contribution < 1.29 is 14.3 Å². The van der Waals surface area contributed by atoms with Crippen molar-refractivity contribution in [3.63, 3.8) is 0 Å². The first-order valence-corrected chi connectivity index (χ1v) is 14.2. The first kappa shape index (κ1) is 27.0. The lowest BCUT2D eigenvalue weighted by molar-refractivity contribution is 0.208. The fourth-order valence-electron chi connectivity index (χ4n) is 5.23. The average Bonchev–Trinajstić information content (AvgIpc) is 3.49. The monoisotopic (exact) mass is 592 g/mol. The molecule has 9 nitrogen and oxygen atoms in total. The molecule has 3 aromatic rings. The zero-order valence-electron chi connectivity index (χ0n) is 22.2. The number of nitrogens with zero attached hydrogens (tertiary/aromatic N) is 5. The molecule has 10 heteroatoms. The van der Waals surface area contributed by atoms with Gasteiger partial charge in [0, 0.05) is 60.5 Å². The van der Waals surface area contributed by atoms with Gasteiger partial charge in [-0.25, -0.2) is 4.79 Å². The SMILES string of the molecule is COc1cc2c(N3CCN(C(=O)Nc4ccc(Br)cc4)CC3)c(C#N)cnc2cc1OCCCN1CCCC1. The van der Waals surface area contributed by atoms with E-state index < -0.39 is 0 Å². The highest BCUT2D eigenvalue weighted by molar-refractivity contribution is 9.10. The maximum absolute atomic E-state index is 12.8. The van der Waals surface area contributed by atoms with Gasteiger partial charge in [0.2, 0.25) is 0 Å². The van der Waals surface area contributed by atoms with Crippen LogP contribution in [0.5, 0.6) is 11.5 Å². The number of halogens is 1. The third-order valence-corrected chi connectivity index (χ3v) is 7.83. The minimum absolute atomic E-state index is 0.134. The second-order valence-corrected chi connectivity index (χ2v) is 10.7. The highest BCUT2D eigenvalue weighted by Crippen LogP contribution is 2.38. The number of amides is 2. The molecule has 2 aromatic carbocycles. The maximum Gasteiger partial charge on any atom is 0.321 e. The van der Waals surface area contributed by atoms with Crippen LogP contribution in [0.3, 0.4) is 0 Å². The fraction of sp³-hybridized carbons (Fsp3) is 0.414. The summed E-state index contributed by atoms with van der Waals surface area (Å²) in [5, 5.41) is 13.7. The Morgan fingerprint density at radius 2 is 1.82 bits per heavy atom. The number of hydrogen-bond donors (Lipinski definition) is 1. The molecule has 2 aliphatic rings. The van der Waals surface area contributed by atoms with Crippen LogP contribution in [0.15, 0.2) is 47.1 Å². The van der Waals surface area contributed by atoms with Crippen molar-refractivity contribution >= 4 is 44.2 Å². The van der Waals surface area contributed by atoms with Gasteiger partial charge in [-0.1, -0.05) is 15.9 Å². The molecule has 2 fully saturated rings. The number of likely N-dealkylation sites (tertiary alicyclic amines) is 1. The Morgan fingerprint density at radius 3 is 2.51 bits per heavy atom. The van der Waals surface area contributed by atoms with E-state index in [0.717, 1.165) is 39.7 Å². The van der Waals surface area contributed by atoms with Gasteiger partial charge in [0.1, 0.15) is 6.07 Å². The summed E-state index contributed by atoms with van der Waals surface area (Å²) in [6.45, 7) is 6.26. The summed E-state index contributed by atoms with van der Waals surface area (Å²) >= 11 is 3.41. The van der Waals surface area contributed by atoms with Gasteiger partial charge in [-0.15, -0.1) is 0 Å². The number of nitriles is 1. The summed E-state index contributed by atoms with van der Waals surface area (Å²) in [6.07, 6.45) is 5.14. The third-order valence-electron chi connectivity index (χ3n) is 7.30. The molecule has 0 radical (unpaired) electrons. The zero-order chi connectivity index (χ0) is 27.2. The Labute approximate surface area is 237 Å². The molecule has 0 spiro atoms. The molecule has 0 unspecified atom stereocenters. The lowest BCUT2D eigenvalue weighted by Gasteiger charge is -2.36. The van der Waals surface area contributed by atoms with E-state index in [2.05, 4.69) is 42.1 Å². The number of pyridine rings is 1. The summed E-state index contributed by atoms with van der Waals surface area (Å²) in [4.78, 5) is 23.8. The summed E-state index contributed by atoms with van der Waals surface area (Å²) in [7, 11) is 1.63. The van der Waals surface area contributed by atoms with Crippen LogP contribution in [0.1, 0.15) is 24.8 Å². The van der Waals surface area contributed by atoms with Gasteiger partial charge in [-0.3, -0.25) is 4.98 Å². The van der Waals surface area contributed by atoms with Crippen LogP contribution in [0.25, 0.3) is 10.9 Å². The van der Waals surface area contributed by atoms with E-state index in [1.54, 1.807) is 18.2 Å². The summed E-state index contributed by atoms with van der Waals surface area (Å²) < 4.78 is 12.8. The van der Waals surface area contributed by atoms with Crippen LogP contribution in [0.2, 0.25) is 0 Å². The Kier molecular flexibility index (Phi) is 8.69. The number of urea groups is 1. The number of rotatable bonds is 8. The van der Waals surface area contributed by atoms with Crippen molar-refractivity contribution in [1.29, 1.82) is 5.26 Å². The number of aromatic nitrogens is 1. The molecular weight excluding hydrogens is 560 g/mol. The maximum atomic E-state index is 12.8. The van der Waals surface area contributed by atoms with Crippen molar-refractivity contribution in [2.24, 2.45) is 0 Å². The molecule has 204 valence electrons. The Bertz CT molecular complexity index is 1350. The van der Waals surface area contributed by atoms with Crippen LogP contribution in [-0.2, 0) is 0 Å². The molecular formula is C29H33BrN6O3. The number of nitrogens with one attached hydrogen (secondary N) is 1. The molecule has 39 heavy (non-hydrogen) atoms. The number of anilines is 2. The quantitative estimate of drug-likeness (QED) is 0.364. The standard InChI is InChI=1S/C29H33BrN6O3/c1-38-26-17-24-25(18-27(26)39-16-4-11-34-9-2-3-10-34)32-20-21(19-31)28(24)35-12-14-36(15-13-35)29(37)33-23-7-5-22(30)6-8-23/h5-8,17-18,20H,2-4,9-16H2,1H3,(H,33,37). The van der Waals surface area contributed by atoms with Crippen molar-refractivity contribution in [2.45, 2.75) is 19.3 Å². The van der Waals surface area contributed by atoms with Gasteiger partial charge in [0.15, 0.2) is 11.5 Å². The predicted molar refractivity (Wildman–Crippen MR) is 156 cm³/mol. The van der Waals surface area contributed by atoms with E-state index in [1.807, 2.05) is 36.4 Å². The molecule has 2 aliphatic heterocycles. The predicted octanol–water partition coefficient (Wildman–Crippen LogP) is 5.10. The van der Waals surface area contributed by atoms with Crippen LogP contribution in [-0.4, -0.2) is 80.3 Å². The lowest BCUT2D eigenvalue weighted by Crippen LogP contribution is -2.50. The number of benzene rings is 2. The lowest BCUT2D eigenvalue weighted by atomic mass is 10.1. The van der Waals surface area contributed by atoms with Crippen molar-refractivity contribution in [3.8, 4) is 17.6 Å². The number of fused-ring (bicyclic) bond motifs is 1. The van der Waals surface area contributed by atoms with Gasteiger partial charge in [-0.05, 0) is 62.7 Å². The molecule has 2 amide bonds. The molecule has 0 aliphatic carbocycles. The highest BCUT2D eigenvalue weighted by atomic mass is 79.9. The first-order valence-electron chi connectivity index (χ1n) is 13.4. The topological polar surface area (TPSA) is 94.0 Å². The summed E-state index contributed by atoms with van der Waals surface area (Å²) in [5.74, 6) is 1.28. The van der Waals surface area contributed by atoms with Gasteiger partial charge in [0.25, 0.3) is 0 Å². The van der Waals surface area contributed by atoms with E-state index in [0.29, 0.717) is 49.8 Å². The van der Waals surface area contributed by atoms with Crippen LogP contribution >= 0.6 is 15.9 Å². The largest absolute Gasteiger partial charge is 0.493 e. The number of hydrogen-bond acceptors (Lipinski definition) is 7. The molecule has 0 atom stereocenters. The number of carbonyl (C=O) groups excluding carboxylic acids is 1. The minimum Gasteiger partial charge on any atom is -0.493 e. The number of piperazine rings is 1. The summed E-state index contributed by atoms with van der Waals surface area (Å²) in [5.41, 5.74) is 2.80. The first-order chi connectivity index (χ1) is 19.1. The van der Waals surface area contributed by atoms with Gasteiger partial charge in [-0.2, -0.15) is 5.26 Å². The van der Waals surface area contributed by atoms with Crippen LogP contribution in [0.4, 0.5) is 16.2 Å². The number of carbonyl (C=O) groups is 1. The van der Waals surface area contributed by atoms with E-state index >= 15 is 0 Å². The van der Waals surface area contributed by atoms with E-state index in [9.17, 15) is 10.1 Å². The van der Waals surface area contributed by atoms with Gasteiger partial charge in [0.05, 0.1) is 30.5 Å².